The summed E-state index contributed by atoms with van der Waals surface area (Å²) in [7, 11) is 5.00. The molecule has 0 fully saturated rings. The molecule has 0 bridgehead atoms. The van der Waals surface area contributed by atoms with Crippen LogP contribution in [0.25, 0.3) is 5.70 Å². The van der Waals surface area contributed by atoms with Crippen molar-refractivity contribution in [1.29, 1.82) is 0 Å². The Kier molecular flexibility index (Phi) is 8.25. The molecule has 1 aromatic carbocycles. The number of hydrogen-bond donors (Lipinski definition) is 2. The molecule has 26 heavy (non-hydrogen) atoms. The van der Waals surface area contributed by atoms with Gasteiger partial charge in [0, 0.05) is 20.6 Å². The van der Waals surface area contributed by atoms with E-state index in [0.717, 1.165) is 23.3 Å². The van der Waals surface area contributed by atoms with E-state index in [2.05, 4.69) is 13.8 Å². The molecule has 0 spiro atoms. The molecule has 7 nitrogen and oxygen atoms in total. The maximum atomic E-state index is 12.1. The summed E-state index contributed by atoms with van der Waals surface area (Å²) >= 11 is 0. The average Bonchev–Trinajstić information content (AvgIpc) is 2.58. The van der Waals surface area contributed by atoms with Gasteiger partial charge in [-0.15, -0.1) is 0 Å². The molecule has 0 saturated heterocycles. The number of hydrogen-bond acceptors (Lipinski definition) is 6. The molecule has 1 amide bonds. The lowest BCUT2D eigenvalue weighted by Gasteiger charge is -2.22. The van der Waals surface area contributed by atoms with Crippen molar-refractivity contribution in [3.63, 3.8) is 0 Å². The van der Waals surface area contributed by atoms with Crippen LogP contribution in [-0.2, 0) is 4.74 Å². The van der Waals surface area contributed by atoms with E-state index in [1.54, 1.807) is 26.1 Å². The molecule has 0 radical (unpaired) electrons. The summed E-state index contributed by atoms with van der Waals surface area (Å²) in [6.07, 6.45) is 0.516. The summed E-state index contributed by atoms with van der Waals surface area (Å²) in [6, 6.07) is 5.60. The molecule has 0 aliphatic carbocycles. The highest BCUT2D eigenvalue weighted by atomic mass is 16.6. The summed E-state index contributed by atoms with van der Waals surface area (Å²) in [5.41, 5.74) is 9.01. The Balaban J connectivity index is 2.89. The third-order valence-electron chi connectivity index (χ3n) is 4.13. The highest BCUT2D eigenvalue weighted by molar-refractivity contribution is 5.69. The summed E-state index contributed by atoms with van der Waals surface area (Å²) < 4.78 is 10.6. The minimum Gasteiger partial charge on any atom is -0.496 e. The minimum atomic E-state index is -0.399. The molecule has 1 aromatic rings. The van der Waals surface area contributed by atoms with Gasteiger partial charge in [0.2, 0.25) is 0 Å². The Morgan fingerprint density at radius 2 is 1.92 bits per heavy atom. The largest absolute Gasteiger partial charge is 0.496 e. The van der Waals surface area contributed by atoms with Crippen molar-refractivity contribution in [3.05, 3.63) is 35.0 Å². The molecule has 0 aliphatic rings. The van der Waals surface area contributed by atoms with Crippen molar-refractivity contribution in [1.82, 2.24) is 9.91 Å². The predicted octanol–water partition coefficient (Wildman–Crippen LogP) is 2.55. The first-order valence-corrected chi connectivity index (χ1v) is 8.67. The lowest BCUT2D eigenvalue weighted by Crippen LogP contribution is -2.34. The van der Waals surface area contributed by atoms with Crippen LogP contribution >= 0.6 is 0 Å². The molecule has 4 N–H and O–H groups in total. The van der Waals surface area contributed by atoms with E-state index in [0.29, 0.717) is 23.9 Å². The summed E-state index contributed by atoms with van der Waals surface area (Å²) in [4.78, 5) is 13.7. The molecule has 0 aromatic heterocycles. The fourth-order valence-corrected chi connectivity index (χ4v) is 2.37. The lowest BCUT2D eigenvalue weighted by atomic mass is 10.1. The lowest BCUT2D eigenvalue weighted by molar-refractivity contribution is 0.112. The molecule has 0 aliphatic heterocycles. The number of hydrazine groups is 1. The third-order valence-corrected chi connectivity index (χ3v) is 4.13. The first-order chi connectivity index (χ1) is 12.2. The van der Waals surface area contributed by atoms with E-state index < -0.39 is 6.09 Å². The number of ether oxygens (including phenoxy) is 2. The van der Waals surface area contributed by atoms with E-state index in [9.17, 15) is 4.79 Å². The van der Waals surface area contributed by atoms with E-state index in [1.165, 1.54) is 5.01 Å². The molecule has 7 heteroatoms. The molecule has 0 saturated carbocycles. The second-order valence-electron chi connectivity index (χ2n) is 6.81. The smallest absolute Gasteiger partial charge is 0.409 e. The number of benzene rings is 1. The highest BCUT2D eigenvalue weighted by Crippen LogP contribution is 2.23. The maximum absolute atomic E-state index is 12.1. The van der Waals surface area contributed by atoms with Crippen molar-refractivity contribution in [2.75, 3.05) is 34.4 Å². The zero-order chi connectivity index (χ0) is 19.9. The van der Waals surface area contributed by atoms with Crippen molar-refractivity contribution in [2.24, 2.45) is 17.5 Å². The topological polar surface area (TPSA) is 94.0 Å². The molecule has 1 rings (SSSR count). The van der Waals surface area contributed by atoms with Gasteiger partial charge in [-0.25, -0.2) is 10.6 Å². The number of carbonyl (C=O) groups excluding carboxylic acids is 1. The van der Waals surface area contributed by atoms with Crippen molar-refractivity contribution < 1.29 is 14.3 Å². The van der Waals surface area contributed by atoms with Gasteiger partial charge in [-0.1, -0.05) is 13.8 Å². The maximum Gasteiger partial charge on any atom is 0.409 e. The Hall–Kier alpha value is -2.41. The second-order valence-corrected chi connectivity index (χ2v) is 6.81. The second kappa shape index (κ2) is 9.91. The molecule has 146 valence electrons. The number of nitrogens with zero attached hydrogens (tertiary/aromatic N) is 2. The number of methoxy groups -OCH3 is 1. The van der Waals surface area contributed by atoms with E-state index >= 15 is 0 Å². The first-order valence-electron chi connectivity index (χ1n) is 8.67. The van der Waals surface area contributed by atoms with Gasteiger partial charge >= 0.3 is 6.09 Å². The van der Waals surface area contributed by atoms with Gasteiger partial charge in [0.15, 0.2) is 0 Å². The number of likely N-dealkylation sites (N-methyl/N-ethyl adjacent to an activating group) is 1. The van der Waals surface area contributed by atoms with Crippen LogP contribution in [0.5, 0.6) is 5.75 Å². The summed E-state index contributed by atoms with van der Waals surface area (Å²) in [6.45, 7) is 6.79. The van der Waals surface area contributed by atoms with Crippen LogP contribution in [0.2, 0.25) is 0 Å². The minimum absolute atomic E-state index is 0.00520. The van der Waals surface area contributed by atoms with Crippen LogP contribution < -0.4 is 16.3 Å². The highest BCUT2D eigenvalue weighted by Gasteiger charge is 2.16. The van der Waals surface area contributed by atoms with Crippen molar-refractivity contribution in [2.45, 2.75) is 27.2 Å². The van der Waals surface area contributed by atoms with Crippen molar-refractivity contribution >= 4 is 11.8 Å². The van der Waals surface area contributed by atoms with Gasteiger partial charge in [0.25, 0.3) is 0 Å². The van der Waals surface area contributed by atoms with Gasteiger partial charge in [0.05, 0.1) is 18.5 Å². The predicted molar refractivity (Wildman–Crippen MR) is 104 cm³/mol. The molecular formula is C19H32N4O3. The zero-order valence-electron chi connectivity index (χ0n) is 16.7. The third kappa shape index (κ3) is 6.15. The van der Waals surface area contributed by atoms with Gasteiger partial charge < -0.3 is 25.1 Å². The molecule has 0 atom stereocenters. The van der Waals surface area contributed by atoms with Crippen LogP contribution in [0.1, 0.15) is 31.4 Å². The number of nitrogens with two attached hydrogens (primary N) is 2. The zero-order valence-corrected chi connectivity index (χ0v) is 16.7. The Morgan fingerprint density at radius 1 is 1.27 bits per heavy atom. The normalized spacial score (nSPS) is 11.8. The van der Waals surface area contributed by atoms with Gasteiger partial charge in [-0.2, -0.15) is 0 Å². The van der Waals surface area contributed by atoms with Crippen molar-refractivity contribution in [3.8, 4) is 5.75 Å². The van der Waals surface area contributed by atoms with E-state index in [-0.39, 0.29) is 6.61 Å². The monoisotopic (exact) mass is 364 g/mol. The van der Waals surface area contributed by atoms with Gasteiger partial charge in [-0.05, 0) is 48.6 Å². The van der Waals surface area contributed by atoms with Gasteiger partial charge in [-0.3, -0.25) is 0 Å². The van der Waals surface area contributed by atoms with Crippen LogP contribution in [0.4, 0.5) is 4.79 Å². The van der Waals surface area contributed by atoms with Crippen LogP contribution in [-0.4, -0.2) is 50.4 Å². The Bertz CT molecular complexity index is 642. The number of rotatable bonds is 8. The van der Waals surface area contributed by atoms with Crippen LogP contribution in [0.15, 0.2) is 23.9 Å². The molecule has 0 heterocycles. The van der Waals surface area contributed by atoms with Crippen LogP contribution in [0.3, 0.4) is 0 Å². The summed E-state index contributed by atoms with van der Waals surface area (Å²) in [5.74, 6) is 7.19. The molecular weight excluding hydrogens is 332 g/mol. The van der Waals surface area contributed by atoms with Gasteiger partial charge in [0.1, 0.15) is 12.4 Å². The standard InChI is InChI=1S/C19H32N4O3/c1-13(2)9-10-22(4)19(24)26-12-16(23(5)21)18(20)15-7-8-17(25-6)14(3)11-15/h7-8,11,13H,9-10,12,20-21H2,1-6H3/b18-16-. The average molecular weight is 364 g/mol. The first kappa shape index (κ1) is 21.6. The summed E-state index contributed by atoms with van der Waals surface area (Å²) in [5, 5.41) is 1.37. The number of amides is 1. The fourth-order valence-electron chi connectivity index (χ4n) is 2.37. The number of carbonyl (C=O) groups is 1. The van der Waals surface area contributed by atoms with E-state index in [1.807, 2.05) is 25.1 Å². The van der Waals surface area contributed by atoms with Crippen LogP contribution in [0, 0.1) is 12.8 Å². The number of aryl methyl sites for hydroxylation is 1. The Morgan fingerprint density at radius 3 is 2.42 bits per heavy atom. The fraction of sp³-hybridized carbons (Fsp3) is 0.526. The Labute approximate surface area is 156 Å². The quantitative estimate of drug-likeness (QED) is 0.544. The molecule has 0 unspecified atom stereocenters. The SMILES string of the molecule is COc1ccc(/C(N)=C(\COC(=O)N(C)CCC(C)C)N(C)N)cc1C. The van der Waals surface area contributed by atoms with E-state index in [4.69, 9.17) is 21.1 Å².